The highest BCUT2D eigenvalue weighted by Gasteiger charge is 2.53. The summed E-state index contributed by atoms with van der Waals surface area (Å²) >= 11 is 0. The molecule has 0 aromatic heterocycles. The van der Waals surface area contributed by atoms with Crippen molar-refractivity contribution in [2.24, 2.45) is 0 Å². The minimum atomic E-state index is -0.995. The van der Waals surface area contributed by atoms with Crippen LogP contribution in [-0.4, -0.2) is 20.1 Å². The number of carbonyl (C=O) groups excluding carboxylic acids is 1. The second-order valence-electron chi connectivity index (χ2n) is 7.70. The van der Waals surface area contributed by atoms with Crippen LogP contribution < -0.4 is 14.4 Å². The van der Waals surface area contributed by atoms with Gasteiger partial charge in [0.05, 0.1) is 19.9 Å². The molecule has 4 aromatic carbocycles. The Hall–Kier alpha value is -4.05. The lowest BCUT2D eigenvalue weighted by atomic mass is 9.70. The lowest BCUT2D eigenvalue weighted by Crippen LogP contribution is -2.40. The maximum absolute atomic E-state index is 14.5. The van der Waals surface area contributed by atoms with Gasteiger partial charge in [-0.3, -0.25) is 9.69 Å². The van der Waals surface area contributed by atoms with E-state index in [0.717, 1.165) is 39.6 Å². The van der Waals surface area contributed by atoms with Crippen LogP contribution >= 0.6 is 0 Å². The SMILES string of the molecule is COc1ccc(C2(c3ccc(OC)cc3)C(=O)N(c3ccccc3)c3ccccc32)cc1. The number of carbonyl (C=O) groups is 1. The van der Waals surface area contributed by atoms with Crippen LogP contribution in [0.15, 0.2) is 103 Å². The summed E-state index contributed by atoms with van der Waals surface area (Å²) in [5.74, 6) is 1.48. The van der Waals surface area contributed by atoms with Gasteiger partial charge in [0.15, 0.2) is 0 Å². The third kappa shape index (κ3) is 2.88. The second kappa shape index (κ2) is 7.89. The highest BCUT2D eigenvalue weighted by Crippen LogP contribution is 2.52. The number of nitrogens with zero attached hydrogens (tertiary/aromatic N) is 1. The van der Waals surface area contributed by atoms with E-state index in [9.17, 15) is 4.79 Å². The number of rotatable bonds is 5. The summed E-state index contributed by atoms with van der Waals surface area (Å²) in [7, 11) is 3.28. The molecule has 0 unspecified atom stereocenters. The molecule has 4 heteroatoms. The highest BCUT2D eigenvalue weighted by atomic mass is 16.5. The number of anilines is 2. The van der Waals surface area contributed by atoms with Gasteiger partial charge in [-0.25, -0.2) is 0 Å². The van der Waals surface area contributed by atoms with Gasteiger partial charge in [-0.1, -0.05) is 60.7 Å². The van der Waals surface area contributed by atoms with Crippen molar-refractivity contribution in [2.75, 3.05) is 19.1 Å². The van der Waals surface area contributed by atoms with Crippen molar-refractivity contribution in [3.8, 4) is 11.5 Å². The zero-order chi connectivity index (χ0) is 22.1. The van der Waals surface area contributed by atoms with Crippen molar-refractivity contribution >= 4 is 17.3 Å². The largest absolute Gasteiger partial charge is 0.497 e. The Kier molecular flexibility index (Phi) is 4.91. The fraction of sp³-hybridized carbons (Fsp3) is 0.107. The molecular formula is C28H23NO3. The fourth-order valence-electron chi connectivity index (χ4n) is 4.62. The molecule has 0 atom stereocenters. The maximum Gasteiger partial charge on any atom is 0.251 e. The average molecular weight is 421 g/mol. The summed E-state index contributed by atoms with van der Waals surface area (Å²) in [6.07, 6.45) is 0. The average Bonchev–Trinajstić information content (AvgIpc) is 3.13. The van der Waals surface area contributed by atoms with Crippen molar-refractivity contribution in [3.05, 3.63) is 120 Å². The van der Waals surface area contributed by atoms with Gasteiger partial charge < -0.3 is 9.47 Å². The van der Waals surface area contributed by atoms with E-state index in [2.05, 4.69) is 0 Å². The van der Waals surface area contributed by atoms with E-state index >= 15 is 0 Å². The zero-order valence-electron chi connectivity index (χ0n) is 18.0. The predicted molar refractivity (Wildman–Crippen MR) is 126 cm³/mol. The first-order valence-corrected chi connectivity index (χ1v) is 10.5. The van der Waals surface area contributed by atoms with Crippen LogP contribution in [0, 0.1) is 0 Å². The number of para-hydroxylation sites is 2. The molecule has 0 spiro atoms. The van der Waals surface area contributed by atoms with E-state index in [1.54, 1.807) is 14.2 Å². The van der Waals surface area contributed by atoms with Crippen LogP contribution in [0.3, 0.4) is 0 Å². The minimum Gasteiger partial charge on any atom is -0.497 e. The molecule has 0 bridgehead atoms. The quantitative estimate of drug-likeness (QED) is 0.414. The Morgan fingerprint density at radius 2 is 1.12 bits per heavy atom. The van der Waals surface area contributed by atoms with Crippen molar-refractivity contribution in [3.63, 3.8) is 0 Å². The van der Waals surface area contributed by atoms with E-state index in [1.807, 2.05) is 108 Å². The van der Waals surface area contributed by atoms with Crippen LogP contribution in [0.1, 0.15) is 16.7 Å². The molecule has 0 fully saturated rings. The normalized spacial score (nSPS) is 14.2. The predicted octanol–water partition coefficient (Wildman–Crippen LogP) is 5.72. The smallest absolute Gasteiger partial charge is 0.251 e. The van der Waals surface area contributed by atoms with Crippen LogP contribution in [-0.2, 0) is 10.2 Å². The Bertz CT molecular complexity index is 1200. The molecule has 4 aromatic rings. The van der Waals surface area contributed by atoms with Gasteiger partial charge in [0.1, 0.15) is 16.9 Å². The molecule has 1 aliphatic rings. The van der Waals surface area contributed by atoms with Gasteiger partial charge >= 0.3 is 0 Å². The van der Waals surface area contributed by atoms with E-state index < -0.39 is 5.41 Å². The maximum atomic E-state index is 14.5. The van der Waals surface area contributed by atoms with Gasteiger partial charge in [0, 0.05) is 11.3 Å². The molecule has 1 aliphatic heterocycles. The van der Waals surface area contributed by atoms with Crippen molar-refractivity contribution in [2.45, 2.75) is 5.41 Å². The number of amides is 1. The van der Waals surface area contributed by atoms with Crippen molar-refractivity contribution in [1.29, 1.82) is 0 Å². The number of ether oxygens (including phenoxy) is 2. The molecule has 1 heterocycles. The minimum absolute atomic E-state index is 0.0137. The molecule has 32 heavy (non-hydrogen) atoms. The number of hydrogen-bond acceptors (Lipinski definition) is 3. The molecule has 0 saturated heterocycles. The van der Waals surface area contributed by atoms with E-state index in [-0.39, 0.29) is 5.91 Å². The molecule has 0 N–H and O–H groups in total. The summed E-state index contributed by atoms with van der Waals surface area (Å²) in [5.41, 5.74) is 3.46. The number of hydrogen-bond donors (Lipinski definition) is 0. The molecule has 4 nitrogen and oxygen atoms in total. The number of methoxy groups -OCH3 is 2. The molecule has 0 radical (unpaired) electrons. The third-order valence-corrected chi connectivity index (χ3v) is 6.13. The Morgan fingerprint density at radius 3 is 1.66 bits per heavy atom. The summed E-state index contributed by atoms with van der Waals surface area (Å²) in [6.45, 7) is 0. The topological polar surface area (TPSA) is 38.8 Å². The zero-order valence-corrected chi connectivity index (χ0v) is 18.0. The highest BCUT2D eigenvalue weighted by molar-refractivity contribution is 6.17. The van der Waals surface area contributed by atoms with E-state index in [0.29, 0.717) is 0 Å². The van der Waals surface area contributed by atoms with Crippen LogP contribution in [0.5, 0.6) is 11.5 Å². The summed E-state index contributed by atoms with van der Waals surface area (Å²) in [6, 6.07) is 33.3. The molecule has 5 rings (SSSR count). The van der Waals surface area contributed by atoms with Gasteiger partial charge in [-0.2, -0.15) is 0 Å². The molecule has 1 amide bonds. The van der Waals surface area contributed by atoms with Crippen molar-refractivity contribution in [1.82, 2.24) is 0 Å². The first-order valence-electron chi connectivity index (χ1n) is 10.5. The fourth-order valence-corrected chi connectivity index (χ4v) is 4.62. The third-order valence-electron chi connectivity index (χ3n) is 6.13. The standard InChI is InChI=1S/C28H23NO3/c1-31-23-16-12-20(13-17-23)28(21-14-18-24(32-2)19-15-21)25-10-6-7-11-26(25)29(27(28)30)22-8-4-3-5-9-22/h3-19H,1-2H3. The summed E-state index contributed by atoms with van der Waals surface area (Å²) in [5, 5.41) is 0. The van der Waals surface area contributed by atoms with Gasteiger partial charge in [-0.15, -0.1) is 0 Å². The van der Waals surface area contributed by atoms with Gasteiger partial charge in [0.2, 0.25) is 0 Å². The first kappa shape index (κ1) is 19.9. The Labute approximate surface area is 187 Å². The Morgan fingerprint density at radius 1 is 0.625 bits per heavy atom. The van der Waals surface area contributed by atoms with Crippen LogP contribution in [0.4, 0.5) is 11.4 Å². The monoisotopic (exact) mass is 421 g/mol. The lowest BCUT2D eigenvalue weighted by Gasteiger charge is -2.30. The molecule has 0 aliphatic carbocycles. The summed E-state index contributed by atoms with van der Waals surface area (Å²) < 4.78 is 10.8. The lowest BCUT2D eigenvalue weighted by molar-refractivity contribution is -0.120. The van der Waals surface area contributed by atoms with E-state index in [4.69, 9.17) is 9.47 Å². The molecular weight excluding hydrogens is 398 g/mol. The van der Waals surface area contributed by atoms with Crippen LogP contribution in [0.2, 0.25) is 0 Å². The molecule has 158 valence electrons. The summed E-state index contributed by atoms with van der Waals surface area (Å²) in [4.78, 5) is 16.3. The van der Waals surface area contributed by atoms with Crippen molar-refractivity contribution < 1.29 is 14.3 Å². The molecule has 0 saturated carbocycles. The number of benzene rings is 4. The van der Waals surface area contributed by atoms with Gasteiger partial charge in [0.25, 0.3) is 5.91 Å². The van der Waals surface area contributed by atoms with Crippen LogP contribution in [0.25, 0.3) is 0 Å². The number of fused-ring (bicyclic) bond motifs is 1. The Balaban J connectivity index is 1.81. The first-order chi connectivity index (χ1) is 15.7. The second-order valence-corrected chi connectivity index (χ2v) is 7.70. The van der Waals surface area contributed by atoms with E-state index in [1.165, 1.54) is 0 Å². The van der Waals surface area contributed by atoms with Gasteiger partial charge in [-0.05, 0) is 53.6 Å².